The largest absolute Gasteiger partial charge is 0.512 e. The van der Waals surface area contributed by atoms with Crippen molar-refractivity contribution in [2.45, 2.75) is 106 Å². The summed E-state index contributed by atoms with van der Waals surface area (Å²) in [6, 6.07) is 17.8. The summed E-state index contributed by atoms with van der Waals surface area (Å²) in [6.07, 6.45) is 6.76. The molecular formula is C43H56FIrNO3Si-2. The number of aromatic nitrogens is 1. The molecule has 5 aromatic rings. The van der Waals surface area contributed by atoms with E-state index in [2.05, 4.69) is 56.0 Å². The van der Waals surface area contributed by atoms with Crippen molar-refractivity contribution in [3.8, 4) is 11.3 Å². The third kappa shape index (κ3) is 9.40. The molecule has 2 aromatic heterocycles. The van der Waals surface area contributed by atoms with Gasteiger partial charge >= 0.3 is 0 Å². The molecule has 4 nitrogen and oxygen atoms in total. The Kier molecular flexibility index (Phi) is 15.0. The molecule has 0 amide bonds. The van der Waals surface area contributed by atoms with Gasteiger partial charge in [-0.1, -0.05) is 109 Å². The van der Waals surface area contributed by atoms with Crippen molar-refractivity contribution in [3.05, 3.63) is 90.9 Å². The topological polar surface area (TPSA) is 63.3 Å². The Morgan fingerprint density at radius 3 is 2.12 bits per heavy atom. The number of aliphatic hydroxyl groups is 1. The number of halogens is 1. The van der Waals surface area contributed by atoms with Crippen molar-refractivity contribution in [1.82, 2.24) is 4.98 Å². The molecule has 0 unspecified atom stereocenters. The summed E-state index contributed by atoms with van der Waals surface area (Å²) in [5.41, 5.74) is 4.31. The Labute approximate surface area is 314 Å². The van der Waals surface area contributed by atoms with Crippen LogP contribution in [0.3, 0.4) is 0 Å². The first-order valence-electron chi connectivity index (χ1n) is 17.5. The van der Waals surface area contributed by atoms with Gasteiger partial charge in [0.1, 0.15) is 11.4 Å². The number of benzene rings is 3. The van der Waals surface area contributed by atoms with Crippen molar-refractivity contribution in [3.63, 3.8) is 0 Å². The number of allylic oxidation sites excluding steroid dienone is 2. The number of ketones is 1. The van der Waals surface area contributed by atoms with Crippen LogP contribution in [0.2, 0.25) is 19.6 Å². The van der Waals surface area contributed by atoms with Crippen LogP contribution in [0.5, 0.6) is 0 Å². The molecule has 50 heavy (non-hydrogen) atoms. The van der Waals surface area contributed by atoms with E-state index in [1.165, 1.54) is 22.7 Å². The van der Waals surface area contributed by atoms with E-state index in [1.54, 1.807) is 0 Å². The van der Waals surface area contributed by atoms with Crippen LogP contribution in [-0.2, 0) is 30.3 Å². The number of aliphatic hydroxyl groups excluding tert-OH is 1. The van der Waals surface area contributed by atoms with E-state index in [0.717, 1.165) is 58.7 Å². The van der Waals surface area contributed by atoms with Crippen LogP contribution in [0.1, 0.15) is 85.3 Å². The van der Waals surface area contributed by atoms with Gasteiger partial charge in [0, 0.05) is 55.7 Å². The Morgan fingerprint density at radius 1 is 0.940 bits per heavy atom. The monoisotopic (exact) mass is 874 g/mol. The van der Waals surface area contributed by atoms with Gasteiger partial charge in [0.25, 0.3) is 0 Å². The Hall–Kier alpha value is -3.12. The minimum absolute atomic E-state index is 0. The first-order valence-corrected chi connectivity index (χ1v) is 21.0. The standard InChI is InChI=1S/C29H29FNOSi.C13H24O2.CH3.Ir/c1-17-12-22-21-15-24(29(2,3)4)25(30)16-26(21)32-28(22)23(13-17)27-20-9-8-19(33(5,6)7)14-18(20)10-11-31-27;1-5-10(6-2)12(14)9-13(15)11(7-3)8-4;;/h8-12,14-16H,1-7H3;9-11,14H,5-8H2,1-4H3;1H3;/q-1;;-1;/b;12-9-;;. The molecule has 0 aliphatic carbocycles. The number of fused-ring (bicyclic) bond motifs is 4. The third-order valence-corrected chi connectivity index (χ3v) is 11.5. The smallest absolute Gasteiger partial charge is 0.162 e. The predicted octanol–water partition coefficient (Wildman–Crippen LogP) is 12.2. The SMILES string of the molecule is CCC(CC)C(=O)/C=C(\O)C(CC)CC.Cc1[c-]c(-c2nccc3cc([Si](C)(C)C)ccc23)c2oc3cc(F)c(C(C)(C)C)cc3c2c1.[CH3-].[Ir]. The fraction of sp³-hybridized carbons (Fsp3) is 0.419. The number of furan rings is 1. The second kappa shape index (κ2) is 17.4. The molecule has 1 radical (unpaired) electrons. The maximum atomic E-state index is 14.9. The average Bonchev–Trinajstić information content (AvgIpc) is 3.37. The fourth-order valence-electron chi connectivity index (χ4n) is 6.34. The van der Waals surface area contributed by atoms with Gasteiger partial charge in [-0.25, -0.2) is 4.39 Å². The van der Waals surface area contributed by atoms with Gasteiger partial charge in [0.05, 0.1) is 19.4 Å². The summed E-state index contributed by atoms with van der Waals surface area (Å²) >= 11 is 0. The van der Waals surface area contributed by atoms with E-state index in [-0.39, 0.29) is 62.1 Å². The molecule has 3 aromatic carbocycles. The normalized spacial score (nSPS) is 12.2. The molecule has 0 bridgehead atoms. The van der Waals surface area contributed by atoms with Gasteiger partial charge < -0.3 is 21.9 Å². The van der Waals surface area contributed by atoms with Crippen LogP contribution in [-0.4, -0.2) is 23.9 Å². The zero-order chi connectivity index (χ0) is 35.6. The second-order valence-electron chi connectivity index (χ2n) is 15.1. The van der Waals surface area contributed by atoms with Crippen molar-refractivity contribution in [2.75, 3.05) is 0 Å². The van der Waals surface area contributed by atoms with E-state index in [4.69, 9.17) is 9.40 Å². The molecule has 1 N–H and O–H groups in total. The van der Waals surface area contributed by atoms with Gasteiger partial charge in [0.15, 0.2) is 5.78 Å². The van der Waals surface area contributed by atoms with Crippen LogP contribution < -0.4 is 5.19 Å². The number of carbonyl (C=O) groups excluding carboxylic acids is 1. The molecule has 7 heteroatoms. The van der Waals surface area contributed by atoms with E-state index in [1.807, 2.05) is 67.7 Å². The molecule has 2 heterocycles. The van der Waals surface area contributed by atoms with E-state index >= 15 is 0 Å². The first kappa shape index (κ1) is 43.0. The summed E-state index contributed by atoms with van der Waals surface area (Å²) < 4.78 is 21.2. The number of carbonyl (C=O) groups is 1. The molecule has 0 spiro atoms. The van der Waals surface area contributed by atoms with Crippen LogP contribution in [0.15, 0.2) is 64.9 Å². The third-order valence-electron chi connectivity index (χ3n) is 9.48. The van der Waals surface area contributed by atoms with Crippen LogP contribution in [0.4, 0.5) is 4.39 Å². The van der Waals surface area contributed by atoms with Crippen LogP contribution in [0.25, 0.3) is 44.0 Å². The number of hydrogen-bond acceptors (Lipinski definition) is 4. The summed E-state index contributed by atoms with van der Waals surface area (Å²) in [5, 5.41) is 15.3. The molecule has 0 fully saturated rings. The molecule has 0 atom stereocenters. The summed E-state index contributed by atoms with van der Waals surface area (Å²) in [7, 11) is -1.43. The Bertz CT molecular complexity index is 1960. The number of aryl methyl sites for hydroxylation is 1. The summed E-state index contributed by atoms with van der Waals surface area (Å²) in [4.78, 5) is 16.5. The van der Waals surface area contributed by atoms with Crippen molar-refractivity contribution < 1.29 is 38.8 Å². The van der Waals surface area contributed by atoms with Crippen molar-refractivity contribution in [1.29, 1.82) is 0 Å². The molecule has 5 rings (SSSR count). The minimum atomic E-state index is -1.43. The Balaban J connectivity index is 0.000000438. The van der Waals surface area contributed by atoms with E-state index in [9.17, 15) is 14.3 Å². The Morgan fingerprint density at radius 2 is 1.56 bits per heavy atom. The fourth-order valence-corrected chi connectivity index (χ4v) is 7.51. The maximum absolute atomic E-state index is 14.9. The van der Waals surface area contributed by atoms with Crippen LogP contribution in [0, 0.1) is 38.1 Å². The minimum Gasteiger partial charge on any atom is -0.512 e. The van der Waals surface area contributed by atoms with E-state index in [0.29, 0.717) is 16.7 Å². The molecule has 0 aliphatic heterocycles. The summed E-state index contributed by atoms with van der Waals surface area (Å²) in [6.45, 7) is 23.2. The summed E-state index contributed by atoms with van der Waals surface area (Å²) in [5.74, 6) is 0.310. The van der Waals surface area contributed by atoms with Gasteiger partial charge in [-0.15, -0.1) is 17.7 Å². The van der Waals surface area contributed by atoms with Crippen LogP contribution >= 0.6 is 0 Å². The molecule has 273 valence electrons. The second-order valence-corrected chi connectivity index (χ2v) is 20.2. The van der Waals surface area contributed by atoms with Gasteiger partial charge in [-0.2, -0.15) is 0 Å². The molecule has 0 saturated carbocycles. The van der Waals surface area contributed by atoms with E-state index < -0.39 is 8.07 Å². The van der Waals surface area contributed by atoms with Crippen molar-refractivity contribution in [2.24, 2.45) is 11.8 Å². The zero-order valence-corrected chi connectivity index (χ0v) is 35.5. The predicted molar refractivity (Wildman–Crippen MR) is 210 cm³/mol. The average molecular weight is 874 g/mol. The molecule has 0 aliphatic rings. The molecule has 0 saturated heterocycles. The van der Waals surface area contributed by atoms with Gasteiger partial charge in [-0.05, 0) is 65.3 Å². The first-order chi connectivity index (χ1) is 22.5. The maximum Gasteiger partial charge on any atom is 0.162 e. The number of nitrogens with zero attached hydrogens (tertiary/aromatic N) is 1. The number of pyridine rings is 1. The zero-order valence-electron chi connectivity index (χ0n) is 32.1. The van der Waals surface area contributed by atoms with Crippen molar-refractivity contribution >= 4 is 51.8 Å². The number of rotatable bonds is 9. The number of hydrogen-bond donors (Lipinski definition) is 1. The molecular weight excluding hydrogens is 818 g/mol. The quantitative estimate of drug-likeness (QED) is 0.0694. The van der Waals surface area contributed by atoms with Gasteiger partial charge in [-0.3, -0.25) is 4.79 Å². The van der Waals surface area contributed by atoms with Gasteiger partial charge in [0.2, 0.25) is 0 Å².